The van der Waals surface area contributed by atoms with Crippen LogP contribution in [-0.4, -0.2) is 15.0 Å². The monoisotopic (exact) mass is 238 g/mol. The number of rotatable bonds is 1. The number of nitrogens with two attached hydrogens (primary N) is 1. The lowest BCUT2D eigenvalue weighted by atomic mass is 10.1. The van der Waals surface area contributed by atoms with E-state index < -0.39 is 0 Å². The van der Waals surface area contributed by atoms with Crippen LogP contribution < -0.4 is 5.73 Å². The van der Waals surface area contributed by atoms with Crippen molar-refractivity contribution in [3.05, 3.63) is 34.9 Å². The Labute approximate surface area is 96.3 Å². The normalized spacial score (nSPS) is 10.4. The molecule has 16 heavy (non-hydrogen) atoms. The molecule has 6 heteroatoms. The van der Waals surface area contributed by atoms with Gasteiger partial charge in [-0.05, 0) is 42.3 Å². The van der Waals surface area contributed by atoms with Crippen molar-refractivity contribution < 1.29 is 4.39 Å². The largest absolute Gasteiger partial charge is 0.368 e. The first-order valence-electron chi connectivity index (χ1n) is 4.50. The maximum absolute atomic E-state index is 12.9. The first-order valence-corrected chi connectivity index (χ1v) is 4.87. The third-order valence-corrected chi connectivity index (χ3v) is 2.22. The van der Waals surface area contributed by atoms with Crippen LogP contribution in [0, 0.1) is 12.7 Å². The van der Waals surface area contributed by atoms with Gasteiger partial charge < -0.3 is 5.73 Å². The molecule has 0 aliphatic heterocycles. The molecule has 0 radical (unpaired) electrons. The van der Waals surface area contributed by atoms with Crippen LogP contribution in [0.25, 0.3) is 11.4 Å². The van der Waals surface area contributed by atoms with Crippen LogP contribution in [0.3, 0.4) is 0 Å². The topological polar surface area (TPSA) is 64.7 Å². The van der Waals surface area contributed by atoms with Gasteiger partial charge in [0.2, 0.25) is 11.2 Å². The van der Waals surface area contributed by atoms with Crippen molar-refractivity contribution >= 4 is 17.5 Å². The van der Waals surface area contributed by atoms with Crippen molar-refractivity contribution in [3.63, 3.8) is 0 Å². The van der Waals surface area contributed by atoms with Crippen molar-refractivity contribution in [1.29, 1.82) is 0 Å². The van der Waals surface area contributed by atoms with E-state index in [1.54, 1.807) is 13.0 Å². The van der Waals surface area contributed by atoms with Gasteiger partial charge in [-0.15, -0.1) is 0 Å². The third kappa shape index (κ3) is 2.09. The van der Waals surface area contributed by atoms with Crippen LogP contribution >= 0.6 is 11.6 Å². The fraction of sp³-hybridized carbons (Fsp3) is 0.100. The van der Waals surface area contributed by atoms with E-state index in [1.165, 1.54) is 12.1 Å². The summed E-state index contributed by atoms with van der Waals surface area (Å²) >= 11 is 5.67. The Morgan fingerprint density at radius 2 is 2.00 bits per heavy atom. The molecule has 0 aliphatic rings. The van der Waals surface area contributed by atoms with Crippen LogP contribution in [0.2, 0.25) is 5.28 Å². The highest BCUT2D eigenvalue weighted by Gasteiger charge is 2.08. The number of halogens is 2. The van der Waals surface area contributed by atoms with Crippen LogP contribution in [0.4, 0.5) is 10.3 Å². The molecule has 0 bridgehead atoms. The Hall–Kier alpha value is -1.75. The lowest BCUT2D eigenvalue weighted by molar-refractivity contribution is 0.627. The van der Waals surface area contributed by atoms with E-state index in [1.807, 2.05) is 0 Å². The summed E-state index contributed by atoms with van der Waals surface area (Å²) in [6.45, 7) is 1.76. The van der Waals surface area contributed by atoms with Crippen molar-refractivity contribution in [2.75, 3.05) is 5.73 Å². The van der Waals surface area contributed by atoms with Crippen LogP contribution in [-0.2, 0) is 0 Å². The lowest BCUT2D eigenvalue weighted by Gasteiger charge is -2.04. The summed E-state index contributed by atoms with van der Waals surface area (Å²) in [5, 5.41) is 0.0197. The van der Waals surface area contributed by atoms with Gasteiger partial charge in [0.15, 0.2) is 5.82 Å². The second kappa shape index (κ2) is 4.02. The van der Waals surface area contributed by atoms with Gasteiger partial charge in [-0.1, -0.05) is 0 Å². The van der Waals surface area contributed by atoms with Crippen molar-refractivity contribution in [1.82, 2.24) is 15.0 Å². The summed E-state index contributed by atoms with van der Waals surface area (Å²) in [6, 6.07) is 4.30. The molecule has 82 valence electrons. The Kier molecular flexibility index (Phi) is 2.70. The van der Waals surface area contributed by atoms with E-state index in [-0.39, 0.29) is 17.0 Å². The van der Waals surface area contributed by atoms with Crippen molar-refractivity contribution in [2.24, 2.45) is 0 Å². The van der Waals surface area contributed by atoms with Gasteiger partial charge >= 0.3 is 0 Å². The molecule has 0 saturated carbocycles. The first kappa shape index (κ1) is 10.8. The highest BCUT2D eigenvalue weighted by molar-refractivity contribution is 6.28. The highest BCUT2D eigenvalue weighted by atomic mass is 35.5. The van der Waals surface area contributed by atoms with Crippen LogP contribution in [0.15, 0.2) is 18.2 Å². The number of hydrogen-bond donors (Lipinski definition) is 1. The van der Waals surface area contributed by atoms with Crippen molar-refractivity contribution in [2.45, 2.75) is 6.92 Å². The number of nitrogen functional groups attached to an aromatic ring is 1. The van der Waals surface area contributed by atoms with E-state index in [0.29, 0.717) is 17.0 Å². The summed E-state index contributed by atoms with van der Waals surface area (Å²) in [5.74, 6) is 0.0723. The summed E-state index contributed by atoms with van der Waals surface area (Å²) in [5.41, 5.74) is 6.84. The number of anilines is 1. The van der Waals surface area contributed by atoms with Gasteiger partial charge in [0.1, 0.15) is 5.82 Å². The van der Waals surface area contributed by atoms with Crippen molar-refractivity contribution in [3.8, 4) is 11.4 Å². The maximum atomic E-state index is 12.9. The number of benzene rings is 1. The number of aromatic nitrogens is 3. The molecule has 0 fully saturated rings. The number of aryl methyl sites for hydroxylation is 1. The predicted octanol–water partition coefficient (Wildman–Crippen LogP) is 2.22. The molecule has 0 amide bonds. The van der Waals surface area contributed by atoms with E-state index in [0.717, 1.165) is 0 Å². The Morgan fingerprint density at radius 3 is 2.62 bits per heavy atom. The molecular weight excluding hydrogens is 231 g/mol. The SMILES string of the molecule is Cc1cc(F)ccc1-c1nc(N)nc(Cl)n1. The van der Waals surface area contributed by atoms with E-state index in [2.05, 4.69) is 15.0 Å². The minimum absolute atomic E-state index is 0.0197. The highest BCUT2D eigenvalue weighted by Crippen LogP contribution is 2.21. The van der Waals surface area contributed by atoms with Gasteiger partial charge in [0, 0.05) is 5.56 Å². The quantitative estimate of drug-likeness (QED) is 0.827. The first-order chi connectivity index (χ1) is 7.56. The second-order valence-electron chi connectivity index (χ2n) is 3.25. The standard InChI is InChI=1S/C10H8ClFN4/c1-5-4-6(12)2-3-7(5)8-14-9(11)16-10(13)15-8/h2-4H,1H3,(H2,13,14,15,16). The van der Waals surface area contributed by atoms with Gasteiger partial charge in [-0.2, -0.15) is 15.0 Å². The smallest absolute Gasteiger partial charge is 0.227 e. The molecule has 1 aromatic heterocycles. The van der Waals surface area contributed by atoms with Gasteiger partial charge in [0.05, 0.1) is 0 Å². The predicted molar refractivity (Wildman–Crippen MR) is 59.4 cm³/mol. The Balaban J connectivity index is 2.58. The molecule has 1 aromatic carbocycles. The van der Waals surface area contributed by atoms with E-state index in [4.69, 9.17) is 17.3 Å². The average Bonchev–Trinajstić information content (AvgIpc) is 2.15. The third-order valence-electron chi connectivity index (χ3n) is 2.05. The maximum Gasteiger partial charge on any atom is 0.227 e. The molecule has 0 atom stereocenters. The Morgan fingerprint density at radius 1 is 1.25 bits per heavy atom. The zero-order valence-electron chi connectivity index (χ0n) is 8.41. The molecular formula is C10H8ClFN4. The van der Waals surface area contributed by atoms with E-state index >= 15 is 0 Å². The van der Waals surface area contributed by atoms with Crippen LogP contribution in [0.1, 0.15) is 5.56 Å². The van der Waals surface area contributed by atoms with E-state index in [9.17, 15) is 4.39 Å². The zero-order valence-corrected chi connectivity index (χ0v) is 9.16. The van der Waals surface area contributed by atoms with Gasteiger partial charge in [-0.3, -0.25) is 0 Å². The molecule has 2 rings (SSSR count). The molecule has 0 aliphatic carbocycles. The average molecular weight is 239 g/mol. The zero-order chi connectivity index (χ0) is 11.7. The second-order valence-corrected chi connectivity index (χ2v) is 3.58. The molecule has 0 unspecified atom stereocenters. The molecule has 2 aromatic rings. The summed E-state index contributed by atoms with van der Waals surface area (Å²) in [7, 11) is 0. The fourth-order valence-electron chi connectivity index (χ4n) is 1.36. The molecule has 1 heterocycles. The minimum Gasteiger partial charge on any atom is -0.368 e. The summed E-state index contributed by atoms with van der Waals surface area (Å²) < 4.78 is 12.9. The lowest BCUT2D eigenvalue weighted by Crippen LogP contribution is -2.00. The molecule has 0 spiro atoms. The van der Waals surface area contributed by atoms with Gasteiger partial charge in [0.25, 0.3) is 0 Å². The Bertz CT molecular complexity index is 524. The molecule has 2 N–H and O–H groups in total. The molecule has 4 nitrogen and oxygen atoms in total. The van der Waals surface area contributed by atoms with Crippen LogP contribution in [0.5, 0.6) is 0 Å². The fourth-order valence-corrected chi connectivity index (χ4v) is 1.53. The summed E-state index contributed by atoms with van der Waals surface area (Å²) in [6.07, 6.45) is 0. The van der Waals surface area contributed by atoms with Gasteiger partial charge in [-0.25, -0.2) is 4.39 Å². The molecule has 0 saturated heterocycles. The number of hydrogen-bond acceptors (Lipinski definition) is 4. The minimum atomic E-state index is -0.311. The summed E-state index contributed by atoms with van der Waals surface area (Å²) in [4.78, 5) is 11.5. The number of nitrogens with zero attached hydrogens (tertiary/aromatic N) is 3.